The van der Waals surface area contributed by atoms with Crippen molar-refractivity contribution in [2.24, 2.45) is 11.8 Å². The molecule has 2 N–H and O–H groups in total. The summed E-state index contributed by atoms with van der Waals surface area (Å²) in [4.78, 5) is 22.4. The van der Waals surface area contributed by atoms with Crippen LogP contribution in [0.2, 0.25) is 0 Å². The first-order valence-corrected chi connectivity index (χ1v) is 8.63. The quantitative estimate of drug-likeness (QED) is 0.450. The fraction of sp³-hybridized carbons (Fsp3) is 0.778. The fourth-order valence-electron chi connectivity index (χ4n) is 3.30. The molecule has 0 spiro atoms. The highest BCUT2D eigenvalue weighted by molar-refractivity contribution is 5.84. The number of rotatable bonds is 11. The van der Waals surface area contributed by atoms with Gasteiger partial charge in [-0.3, -0.25) is 9.59 Å². The van der Waals surface area contributed by atoms with Crippen LogP contribution in [0.5, 0.6) is 0 Å². The van der Waals surface area contributed by atoms with Crippen LogP contribution in [0.1, 0.15) is 71.1 Å². The van der Waals surface area contributed by atoms with Crippen molar-refractivity contribution in [3.8, 4) is 0 Å². The van der Waals surface area contributed by atoms with Crippen molar-refractivity contribution >= 4 is 11.8 Å². The van der Waals surface area contributed by atoms with Gasteiger partial charge in [0.1, 0.15) is 5.78 Å². The number of Topliss-reactive ketones (excluding diaryl/α,β-unsaturated/α-hetero) is 1. The van der Waals surface area contributed by atoms with Crippen LogP contribution in [-0.4, -0.2) is 28.1 Å². The molecule has 1 aliphatic carbocycles. The molecule has 0 amide bonds. The maximum Gasteiger partial charge on any atom is 0.303 e. The van der Waals surface area contributed by atoms with Crippen LogP contribution in [0, 0.1) is 11.8 Å². The van der Waals surface area contributed by atoms with Gasteiger partial charge in [-0.2, -0.15) is 0 Å². The smallest absolute Gasteiger partial charge is 0.303 e. The molecule has 0 aromatic heterocycles. The Kier molecular flexibility index (Phi) is 9.05. The minimum Gasteiger partial charge on any atom is -0.481 e. The predicted octanol–water partition coefficient (Wildman–Crippen LogP) is 3.72. The first kappa shape index (κ1) is 18.9. The third kappa shape index (κ3) is 6.73. The number of carbonyl (C=O) groups excluding carboxylic acids is 1. The van der Waals surface area contributed by atoms with Gasteiger partial charge in [-0.1, -0.05) is 44.8 Å². The van der Waals surface area contributed by atoms with Crippen molar-refractivity contribution < 1.29 is 19.8 Å². The van der Waals surface area contributed by atoms with E-state index in [4.69, 9.17) is 5.11 Å². The van der Waals surface area contributed by atoms with Crippen molar-refractivity contribution in [1.82, 2.24) is 0 Å². The van der Waals surface area contributed by atoms with E-state index in [-0.39, 0.29) is 24.0 Å². The number of ketones is 1. The zero-order chi connectivity index (χ0) is 16.4. The number of aliphatic hydroxyl groups is 1. The Morgan fingerprint density at radius 2 is 1.86 bits per heavy atom. The Balaban J connectivity index is 2.25. The van der Waals surface area contributed by atoms with Gasteiger partial charge in [0.25, 0.3) is 0 Å². The second-order valence-electron chi connectivity index (χ2n) is 6.32. The first-order chi connectivity index (χ1) is 10.6. The van der Waals surface area contributed by atoms with Crippen LogP contribution in [0.15, 0.2) is 12.2 Å². The fourth-order valence-corrected chi connectivity index (χ4v) is 3.30. The number of hydrogen-bond acceptors (Lipinski definition) is 3. The molecule has 3 atom stereocenters. The lowest BCUT2D eigenvalue weighted by Gasteiger charge is -2.19. The van der Waals surface area contributed by atoms with Crippen molar-refractivity contribution in [3.63, 3.8) is 0 Å². The first-order valence-electron chi connectivity index (χ1n) is 8.63. The second-order valence-corrected chi connectivity index (χ2v) is 6.32. The van der Waals surface area contributed by atoms with E-state index in [0.29, 0.717) is 6.42 Å². The van der Waals surface area contributed by atoms with Crippen molar-refractivity contribution in [2.75, 3.05) is 0 Å². The molecule has 0 radical (unpaired) electrons. The van der Waals surface area contributed by atoms with Gasteiger partial charge in [-0.05, 0) is 31.6 Å². The number of hydrogen-bond donors (Lipinski definition) is 2. The maximum absolute atomic E-state index is 12.0. The van der Waals surface area contributed by atoms with Crippen molar-refractivity contribution in [1.29, 1.82) is 0 Å². The number of aliphatic carboxylic acids is 1. The lowest BCUT2D eigenvalue weighted by Crippen LogP contribution is -2.20. The van der Waals surface area contributed by atoms with Gasteiger partial charge in [0, 0.05) is 18.8 Å². The summed E-state index contributed by atoms with van der Waals surface area (Å²) in [5.41, 5.74) is 0. The molecule has 22 heavy (non-hydrogen) atoms. The van der Waals surface area contributed by atoms with Gasteiger partial charge in [0.15, 0.2) is 0 Å². The molecule has 0 aromatic carbocycles. The number of unbranched alkanes of at least 4 members (excludes halogenated alkanes) is 4. The lowest BCUT2D eigenvalue weighted by atomic mass is 9.86. The predicted molar refractivity (Wildman–Crippen MR) is 86.6 cm³/mol. The molecule has 4 heteroatoms. The van der Waals surface area contributed by atoms with Crippen LogP contribution < -0.4 is 0 Å². The molecule has 1 aliphatic rings. The van der Waals surface area contributed by atoms with Crippen molar-refractivity contribution in [2.45, 2.75) is 77.2 Å². The zero-order valence-corrected chi connectivity index (χ0v) is 13.7. The van der Waals surface area contributed by atoms with E-state index in [9.17, 15) is 14.7 Å². The van der Waals surface area contributed by atoms with Crippen LogP contribution in [0.25, 0.3) is 0 Å². The molecule has 0 unspecified atom stereocenters. The zero-order valence-electron chi connectivity index (χ0n) is 13.7. The number of aliphatic hydroxyl groups excluding tert-OH is 1. The largest absolute Gasteiger partial charge is 0.481 e. The summed E-state index contributed by atoms with van der Waals surface area (Å²) < 4.78 is 0. The molecular formula is C18H30O4. The van der Waals surface area contributed by atoms with E-state index in [0.717, 1.165) is 51.4 Å². The van der Waals surface area contributed by atoms with Crippen LogP contribution in [0.4, 0.5) is 0 Å². The van der Waals surface area contributed by atoms with Gasteiger partial charge < -0.3 is 10.2 Å². The van der Waals surface area contributed by atoms with Gasteiger partial charge >= 0.3 is 5.97 Å². The van der Waals surface area contributed by atoms with E-state index in [1.807, 2.05) is 0 Å². The molecule has 4 nitrogen and oxygen atoms in total. The molecule has 0 aliphatic heterocycles. The van der Waals surface area contributed by atoms with Gasteiger partial charge in [-0.25, -0.2) is 0 Å². The number of allylic oxidation sites excluding steroid dienone is 2. The minimum absolute atomic E-state index is 0.00975. The molecule has 126 valence electrons. The van der Waals surface area contributed by atoms with E-state index in [1.54, 1.807) is 0 Å². The van der Waals surface area contributed by atoms with E-state index < -0.39 is 12.1 Å². The average Bonchev–Trinajstić information content (AvgIpc) is 2.72. The molecule has 0 bridgehead atoms. The number of carboxylic acids is 1. The summed E-state index contributed by atoms with van der Waals surface area (Å²) in [6.45, 7) is 2.08. The van der Waals surface area contributed by atoms with Gasteiger partial charge in [0.05, 0.1) is 6.10 Å². The molecule has 1 fully saturated rings. The molecule has 0 saturated heterocycles. The standard InChI is InChI=1S/C18H30O4/c1-2-3-7-10-14-15(17(20)13-16(14)19)11-8-5-4-6-9-12-18(21)22/h3,7,14-16,19H,2,4-6,8-13H2,1H3,(H,21,22)/b7-3+/t14-,15-,16-/m1/s1. The third-order valence-corrected chi connectivity index (χ3v) is 4.55. The SMILES string of the molecule is CC/C=C/C[C@H]1[C@H](O)CC(=O)[C@@H]1CCCCCCCC(=O)O. The Morgan fingerprint density at radius 1 is 1.18 bits per heavy atom. The van der Waals surface area contributed by atoms with Gasteiger partial charge in [-0.15, -0.1) is 0 Å². The Morgan fingerprint density at radius 3 is 2.55 bits per heavy atom. The summed E-state index contributed by atoms with van der Waals surface area (Å²) in [6, 6.07) is 0. The van der Waals surface area contributed by atoms with E-state index in [1.165, 1.54) is 0 Å². The molecule has 1 rings (SSSR count). The van der Waals surface area contributed by atoms with Gasteiger partial charge in [0.2, 0.25) is 0 Å². The van der Waals surface area contributed by atoms with Crippen LogP contribution >= 0.6 is 0 Å². The molecular weight excluding hydrogens is 280 g/mol. The Hall–Kier alpha value is -1.16. The van der Waals surface area contributed by atoms with Crippen LogP contribution in [0.3, 0.4) is 0 Å². The summed E-state index contributed by atoms with van der Waals surface area (Å²) in [5.74, 6) is -0.417. The maximum atomic E-state index is 12.0. The summed E-state index contributed by atoms with van der Waals surface area (Å²) in [5, 5.41) is 18.6. The average molecular weight is 310 g/mol. The highest BCUT2D eigenvalue weighted by Gasteiger charge is 2.39. The second kappa shape index (κ2) is 10.5. The lowest BCUT2D eigenvalue weighted by molar-refractivity contribution is -0.137. The highest BCUT2D eigenvalue weighted by Crippen LogP contribution is 2.35. The minimum atomic E-state index is -0.728. The highest BCUT2D eigenvalue weighted by atomic mass is 16.4. The van der Waals surface area contributed by atoms with Crippen LogP contribution in [-0.2, 0) is 9.59 Å². The normalized spacial score (nSPS) is 25.2. The number of carboxylic acid groups (broad SMARTS) is 1. The molecule has 0 aromatic rings. The summed E-state index contributed by atoms with van der Waals surface area (Å²) in [7, 11) is 0. The Labute approximate surface area is 133 Å². The van der Waals surface area contributed by atoms with Crippen molar-refractivity contribution in [3.05, 3.63) is 12.2 Å². The monoisotopic (exact) mass is 310 g/mol. The number of carbonyl (C=O) groups is 2. The summed E-state index contributed by atoms with van der Waals surface area (Å²) >= 11 is 0. The Bertz CT molecular complexity index is 375. The summed E-state index contributed by atoms with van der Waals surface area (Å²) in [6.07, 6.45) is 11.6. The topological polar surface area (TPSA) is 74.6 Å². The molecule has 0 heterocycles. The van der Waals surface area contributed by atoms with E-state index in [2.05, 4.69) is 19.1 Å². The molecule has 1 saturated carbocycles. The van der Waals surface area contributed by atoms with E-state index >= 15 is 0 Å². The third-order valence-electron chi connectivity index (χ3n) is 4.55.